The monoisotopic (exact) mass is 410 g/mol. The normalized spacial score (nSPS) is 16.1. The molecule has 29 heavy (non-hydrogen) atoms. The highest BCUT2D eigenvalue weighted by atomic mass is 19.3. The van der Waals surface area contributed by atoms with Crippen LogP contribution < -0.4 is 5.73 Å². The van der Waals surface area contributed by atoms with Crippen molar-refractivity contribution >= 4 is 23.7 Å². The first kappa shape index (κ1) is 22.7. The zero-order chi connectivity index (χ0) is 21.2. The Kier molecular flexibility index (Phi) is 8.94. The number of nitrogen functional groups attached to an aromatic ring is 1. The third-order valence-electron chi connectivity index (χ3n) is 4.36. The number of aromatic nitrogens is 1. The Morgan fingerprint density at radius 3 is 2.79 bits per heavy atom. The number of hydrogen-bond acceptors (Lipinski definition) is 5. The summed E-state index contributed by atoms with van der Waals surface area (Å²) in [7, 11) is 5.15. The molecule has 1 aromatic heterocycles. The second-order valence-electron chi connectivity index (χ2n) is 6.38. The van der Waals surface area contributed by atoms with E-state index in [4.69, 9.17) is 15.2 Å². The number of morpholine rings is 1. The third-order valence-corrected chi connectivity index (χ3v) is 4.36. The zero-order valence-corrected chi connectivity index (χ0v) is 17.0. The van der Waals surface area contributed by atoms with E-state index in [-0.39, 0.29) is 16.9 Å². The summed E-state index contributed by atoms with van der Waals surface area (Å²) in [4.78, 5) is 16.7. The summed E-state index contributed by atoms with van der Waals surface area (Å²) in [5, 5.41) is 0. The quantitative estimate of drug-likeness (QED) is 0.569. The highest BCUT2D eigenvalue weighted by molar-refractivity contribution is 6.04. The lowest BCUT2D eigenvalue weighted by Gasteiger charge is -2.29. The second-order valence-corrected chi connectivity index (χ2v) is 6.38. The van der Waals surface area contributed by atoms with E-state index >= 15 is 0 Å². The highest BCUT2D eigenvalue weighted by Crippen LogP contribution is 2.25. The molecule has 8 nitrogen and oxygen atoms in total. The predicted molar refractivity (Wildman–Crippen MR) is 110 cm³/mol. The van der Waals surface area contributed by atoms with E-state index in [0.29, 0.717) is 51.3 Å². The number of methoxy groups -OCH3 is 1. The number of amidine groups is 1. The van der Waals surface area contributed by atoms with Crippen molar-refractivity contribution in [1.82, 2.24) is 14.8 Å². The predicted octanol–water partition coefficient (Wildman–Crippen LogP) is 1.91. The molecule has 0 amide bonds. The number of anilines is 1. The van der Waals surface area contributed by atoms with Gasteiger partial charge >= 0.3 is 0 Å². The molecule has 1 aromatic rings. The number of halogens is 2. The van der Waals surface area contributed by atoms with Gasteiger partial charge < -0.3 is 25.0 Å². The Morgan fingerprint density at radius 2 is 2.17 bits per heavy atom. The van der Waals surface area contributed by atoms with Gasteiger partial charge in [0.2, 0.25) is 5.96 Å². The summed E-state index contributed by atoms with van der Waals surface area (Å²) < 4.78 is 37.2. The maximum atomic E-state index is 13.4. The lowest BCUT2D eigenvalue weighted by atomic mass is 10.1. The molecule has 10 heteroatoms. The lowest BCUT2D eigenvalue weighted by Crippen LogP contribution is -2.41. The molecule has 0 unspecified atom stereocenters. The smallest absolute Gasteiger partial charge is 0.264 e. The van der Waals surface area contributed by atoms with Crippen LogP contribution in [0.2, 0.25) is 0 Å². The largest absolute Gasteiger partial charge is 0.384 e. The van der Waals surface area contributed by atoms with E-state index in [2.05, 4.69) is 15.0 Å². The third kappa shape index (κ3) is 6.75. The molecule has 2 N–H and O–H groups in total. The number of hydrogen-bond donors (Lipinski definition) is 1. The first-order valence-corrected chi connectivity index (χ1v) is 9.26. The molecule has 0 aliphatic carbocycles. The Hall–Kier alpha value is -2.59. The fraction of sp³-hybridized carbons (Fsp3) is 0.526. The van der Waals surface area contributed by atoms with Crippen molar-refractivity contribution in [3.8, 4) is 0 Å². The van der Waals surface area contributed by atoms with Crippen molar-refractivity contribution in [2.75, 3.05) is 66.4 Å². The van der Waals surface area contributed by atoms with Gasteiger partial charge in [0.25, 0.3) is 6.43 Å². The lowest BCUT2D eigenvalue weighted by molar-refractivity contribution is 0.0685. The van der Waals surface area contributed by atoms with Gasteiger partial charge in [-0.3, -0.25) is 4.99 Å². The van der Waals surface area contributed by atoms with Crippen LogP contribution >= 0.6 is 0 Å². The van der Waals surface area contributed by atoms with Gasteiger partial charge in [0.1, 0.15) is 11.7 Å². The van der Waals surface area contributed by atoms with Gasteiger partial charge in [0, 0.05) is 58.2 Å². The fourth-order valence-electron chi connectivity index (χ4n) is 2.73. The van der Waals surface area contributed by atoms with Crippen LogP contribution in [0.3, 0.4) is 0 Å². The van der Waals surface area contributed by atoms with Crippen molar-refractivity contribution in [3.63, 3.8) is 0 Å². The van der Waals surface area contributed by atoms with E-state index in [1.54, 1.807) is 26.3 Å². The fourth-order valence-corrected chi connectivity index (χ4v) is 2.73. The van der Waals surface area contributed by atoms with E-state index in [9.17, 15) is 8.78 Å². The molecule has 160 valence electrons. The average molecular weight is 410 g/mol. The van der Waals surface area contributed by atoms with Gasteiger partial charge in [-0.05, 0) is 18.2 Å². The number of likely N-dealkylation sites (N-methyl/N-ethyl adjacent to an activating group) is 1. The summed E-state index contributed by atoms with van der Waals surface area (Å²) in [6.45, 7) is 3.56. The molecule has 1 aliphatic rings. The maximum Gasteiger partial charge on any atom is 0.264 e. The van der Waals surface area contributed by atoms with Crippen LogP contribution in [0, 0.1) is 0 Å². The van der Waals surface area contributed by atoms with Gasteiger partial charge in [-0.15, -0.1) is 0 Å². The summed E-state index contributed by atoms with van der Waals surface area (Å²) in [5.41, 5.74) is 5.67. The van der Waals surface area contributed by atoms with Crippen molar-refractivity contribution in [3.05, 3.63) is 29.5 Å². The molecule has 2 heterocycles. The summed E-state index contributed by atoms with van der Waals surface area (Å²) >= 11 is 0. The molecular weight excluding hydrogens is 382 g/mol. The Bertz CT molecular complexity index is 748. The Labute approximate surface area is 169 Å². The van der Waals surface area contributed by atoms with Crippen LogP contribution in [0.4, 0.5) is 14.6 Å². The van der Waals surface area contributed by atoms with Gasteiger partial charge in [-0.25, -0.2) is 13.8 Å². The van der Waals surface area contributed by atoms with Crippen molar-refractivity contribution < 1.29 is 18.3 Å². The second kappa shape index (κ2) is 11.4. The molecule has 1 fully saturated rings. The first-order valence-electron chi connectivity index (χ1n) is 9.26. The standard InChI is InChI=1S/C19H28F2N6O2/c1-23-19(26(2)6-9-28-3)25-17(27-7-10-29-11-8-27)5-4-14-13-24-16(22)12-15(14)18(20)21/h4-5,12-13,18H,6-11H2,1-3H3,(H2,22,24)/b5-4+,23-19+,25-17+. The summed E-state index contributed by atoms with van der Waals surface area (Å²) in [6.07, 6.45) is 1.95. The van der Waals surface area contributed by atoms with Crippen LogP contribution in [0.25, 0.3) is 6.08 Å². The van der Waals surface area contributed by atoms with Gasteiger partial charge in [0.15, 0.2) is 0 Å². The van der Waals surface area contributed by atoms with Gasteiger partial charge in [-0.1, -0.05) is 0 Å². The molecule has 0 saturated carbocycles. The van der Waals surface area contributed by atoms with Crippen LogP contribution in [0.1, 0.15) is 17.6 Å². The summed E-state index contributed by atoms with van der Waals surface area (Å²) in [6, 6.07) is 1.19. The summed E-state index contributed by atoms with van der Waals surface area (Å²) in [5.74, 6) is 1.17. The van der Waals surface area contributed by atoms with Gasteiger partial charge in [-0.2, -0.15) is 4.99 Å². The molecule has 1 aliphatic heterocycles. The first-order chi connectivity index (χ1) is 14.0. The van der Waals surface area contributed by atoms with Crippen LogP contribution in [-0.4, -0.2) is 87.2 Å². The van der Waals surface area contributed by atoms with E-state index < -0.39 is 6.43 Å². The topological polar surface area (TPSA) is 88.6 Å². The molecule has 0 bridgehead atoms. The van der Waals surface area contributed by atoms with E-state index in [1.165, 1.54) is 12.3 Å². The minimum Gasteiger partial charge on any atom is -0.384 e. The molecule has 0 aromatic carbocycles. The number of guanidine groups is 1. The number of rotatable bonds is 6. The number of alkyl halides is 2. The minimum absolute atomic E-state index is 0.0553. The van der Waals surface area contributed by atoms with Gasteiger partial charge in [0.05, 0.1) is 19.8 Å². The molecule has 2 rings (SSSR count). The van der Waals surface area contributed by atoms with Crippen molar-refractivity contribution in [2.45, 2.75) is 6.43 Å². The van der Waals surface area contributed by atoms with Crippen LogP contribution in [0.5, 0.6) is 0 Å². The maximum absolute atomic E-state index is 13.4. The molecule has 1 saturated heterocycles. The van der Waals surface area contributed by atoms with Crippen molar-refractivity contribution in [2.24, 2.45) is 9.98 Å². The van der Waals surface area contributed by atoms with E-state index in [1.807, 2.05) is 16.8 Å². The zero-order valence-electron chi connectivity index (χ0n) is 17.0. The van der Waals surface area contributed by atoms with E-state index in [0.717, 1.165) is 0 Å². The van der Waals surface area contributed by atoms with Crippen LogP contribution in [0.15, 0.2) is 28.3 Å². The van der Waals surface area contributed by atoms with Crippen molar-refractivity contribution in [1.29, 1.82) is 0 Å². The average Bonchev–Trinajstić information content (AvgIpc) is 2.73. The van der Waals surface area contributed by atoms with Crippen LogP contribution in [-0.2, 0) is 9.47 Å². The molecule has 0 atom stereocenters. The number of nitrogens with two attached hydrogens (primary N) is 1. The number of aliphatic imine (C=N–C) groups is 2. The Balaban J connectivity index is 2.35. The SMILES string of the molecule is C\N=C(/N=C(\C=C\c1cnc(N)cc1C(F)F)N1CCOCC1)N(C)CCOC. The molecular formula is C19H28F2N6O2. The highest BCUT2D eigenvalue weighted by Gasteiger charge is 2.17. The minimum atomic E-state index is -2.66. The number of ether oxygens (including phenoxy) is 2. The molecule has 0 spiro atoms. The Morgan fingerprint density at radius 1 is 1.45 bits per heavy atom. The number of pyridine rings is 1. The number of nitrogens with zero attached hydrogens (tertiary/aromatic N) is 5. The molecule has 0 radical (unpaired) electrons.